The first-order chi connectivity index (χ1) is 14.7. The summed E-state index contributed by atoms with van der Waals surface area (Å²) in [4.78, 5) is 14.5. The Bertz CT molecular complexity index is 997. The predicted octanol–water partition coefficient (Wildman–Crippen LogP) is 2.50. The predicted molar refractivity (Wildman–Crippen MR) is 117 cm³/mol. The summed E-state index contributed by atoms with van der Waals surface area (Å²) < 4.78 is 38.2. The van der Waals surface area contributed by atoms with Crippen molar-refractivity contribution in [3.8, 4) is 11.5 Å². The fourth-order valence-corrected chi connectivity index (χ4v) is 5.65. The van der Waals surface area contributed by atoms with E-state index in [1.807, 2.05) is 13.8 Å². The lowest BCUT2D eigenvalue weighted by Crippen LogP contribution is -2.48. The molecule has 0 N–H and O–H groups in total. The Morgan fingerprint density at radius 2 is 1.87 bits per heavy atom. The Labute approximate surface area is 187 Å². The van der Waals surface area contributed by atoms with Gasteiger partial charge in [0, 0.05) is 31.7 Å². The smallest absolute Gasteiger partial charge is 0.277 e. The van der Waals surface area contributed by atoms with Crippen LogP contribution in [0.4, 0.5) is 0 Å². The van der Waals surface area contributed by atoms with Crippen LogP contribution >= 0.6 is 11.8 Å². The van der Waals surface area contributed by atoms with Crippen molar-refractivity contribution in [1.29, 1.82) is 0 Å². The molecule has 170 valence electrons. The lowest BCUT2D eigenvalue weighted by Gasteiger charge is -2.35. The van der Waals surface area contributed by atoms with Crippen LogP contribution in [-0.4, -0.2) is 77.9 Å². The van der Waals surface area contributed by atoms with Crippen molar-refractivity contribution in [2.45, 2.75) is 50.0 Å². The number of carbonyl (C=O) groups is 1. The number of thioether (sulfide) groups is 1. The molecule has 1 fully saturated rings. The number of sulfonamides is 1. The second-order valence-corrected chi connectivity index (χ2v) is 10.2. The summed E-state index contributed by atoms with van der Waals surface area (Å²) in [6.07, 6.45) is 0.0141. The molecule has 2 heterocycles. The van der Waals surface area contributed by atoms with Gasteiger partial charge in [-0.15, -0.1) is 10.2 Å². The third kappa shape index (κ3) is 5.65. The molecule has 9 nitrogen and oxygen atoms in total. The molecule has 1 aliphatic heterocycles. The molecule has 1 saturated heterocycles. The van der Waals surface area contributed by atoms with E-state index in [2.05, 4.69) is 10.2 Å². The second-order valence-electron chi connectivity index (χ2n) is 7.33. The zero-order valence-electron chi connectivity index (χ0n) is 18.1. The van der Waals surface area contributed by atoms with Crippen LogP contribution in [0.15, 0.2) is 38.8 Å². The van der Waals surface area contributed by atoms with Gasteiger partial charge < -0.3 is 14.1 Å². The molecule has 0 aliphatic carbocycles. The van der Waals surface area contributed by atoms with Crippen molar-refractivity contribution in [1.82, 2.24) is 19.4 Å². The normalized spacial score (nSPS) is 19.7. The van der Waals surface area contributed by atoms with Crippen LogP contribution in [-0.2, 0) is 19.6 Å². The topological polar surface area (TPSA) is 106 Å². The van der Waals surface area contributed by atoms with E-state index in [4.69, 9.17) is 9.15 Å². The summed E-state index contributed by atoms with van der Waals surface area (Å²) in [6.45, 7) is 9.39. The fourth-order valence-electron chi connectivity index (χ4n) is 3.48. The number of nitrogens with zero attached hydrogens (tertiary/aromatic N) is 4. The highest BCUT2D eigenvalue weighted by Gasteiger charge is 2.26. The molecular formula is C20H28N4O5S2. The first-order valence-electron chi connectivity index (χ1n) is 10.2. The van der Waals surface area contributed by atoms with E-state index in [0.717, 1.165) is 11.8 Å². The highest BCUT2D eigenvalue weighted by atomic mass is 32.2. The highest BCUT2D eigenvalue weighted by molar-refractivity contribution is 7.99. The molecule has 2 aromatic rings. The average Bonchev–Trinajstić information content (AvgIpc) is 3.21. The Hall–Kier alpha value is -1.95. The Kier molecular flexibility index (Phi) is 7.73. The molecule has 2 atom stereocenters. The van der Waals surface area contributed by atoms with Gasteiger partial charge in [-0.05, 0) is 32.0 Å². The van der Waals surface area contributed by atoms with Crippen molar-refractivity contribution in [2.24, 2.45) is 0 Å². The van der Waals surface area contributed by atoms with Gasteiger partial charge in [0.2, 0.25) is 21.8 Å². The largest absolute Gasteiger partial charge is 0.411 e. The molecule has 1 amide bonds. The molecule has 0 radical (unpaired) electrons. The van der Waals surface area contributed by atoms with Gasteiger partial charge in [-0.3, -0.25) is 4.79 Å². The molecule has 1 aliphatic rings. The number of ether oxygens (including phenoxy) is 1. The minimum atomic E-state index is -3.59. The number of hydrogen-bond acceptors (Lipinski definition) is 8. The van der Waals surface area contributed by atoms with Gasteiger partial charge in [-0.25, -0.2) is 8.42 Å². The van der Waals surface area contributed by atoms with Crippen LogP contribution in [0.3, 0.4) is 0 Å². The molecule has 0 unspecified atom stereocenters. The Morgan fingerprint density at radius 1 is 1.19 bits per heavy atom. The molecule has 1 aromatic carbocycles. The minimum absolute atomic E-state index is 0.00704. The number of hydrogen-bond donors (Lipinski definition) is 0. The number of amides is 1. The van der Waals surface area contributed by atoms with E-state index in [0.29, 0.717) is 31.7 Å². The van der Waals surface area contributed by atoms with E-state index in [1.54, 1.807) is 36.9 Å². The number of rotatable bonds is 8. The van der Waals surface area contributed by atoms with Crippen molar-refractivity contribution in [3.63, 3.8) is 0 Å². The summed E-state index contributed by atoms with van der Waals surface area (Å²) >= 11 is 1.16. The van der Waals surface area contributed by atoms with Gasteiger partial charge in [0.15, 0.2) is 0 Å². The molecule has 3 rings (SSSR count). The van der Waals surface area contributed by atoms with Crippen molar-refractivity contribution < 1.29 is 22.4 Å². The lowest BCUT2D eigenvalue weighted by molar-refractivity contribution is -0.140. The van der Waals surface area contributed by atoms with Crippen molar-refractivity contribution in [2.75, 3.05) is 31.9 Å². The monoisotopic (exact) mass is 468 g/mol. The maximum Gasteiger partial charge on any atom is 0.277 e. The van der Waals surface area contributed by atoms with Gasteiger partial charge in [-0.1, -0.05) is 31.7 Å². The second kappa shape index (κ2) is 10.1. The van der Waals surface area contributed by atoms with Crippen molar-refractivity contribution >= 4 is 27.7 Å². The first kappa shape index (κ1) is 23.7. The third-order valence-electron chi connectivity index (χ3n) is 4.92. The summed E-state index contributed by atoms with van der Waals surface area (Å²) in [7, 11) is -3.59. The SMILES string of the molecule is CCN(CC)S(=O)(=O)c1cccc(-c2nnc(SCC(=O)N3C[C@@H](C)O[C@@H](C)C3)o2)c1. The van der Waals surface area contributed by atoms with Gasteiger partial charge in [-0.2, -0.15) is 4.31 Å². The van der Waals surface area contributed by atoms with E-state index >= 15 is 0 Å². The van der Waals surface area contributed by atoms with Crippen LogP contribution in [0.25, 0.3) is 11.5 Å². The summed E-state index contributed by atoms with van der Waals surface area (Å²) in [5.74, 6) is 0.372. The minimum Gasteiger partial charge on any atom is -0.411 e. The maximum atomic E-state index is 12.8. The van der Waals surface area contributed by atoms with Crippen LogP contribution < -0.4 is 0 Å². The molecule has 0 saturated carbocycles. The van der Waals surface area contributed by atoms with E-state index in [1.165, 1.54) is 10.4 Å². The molecule has 0 bridgehead atoms. The fraction of sp³-hybridized carbons (Fsp3) is 0.550. The zero-order valence-corrected chi connectivity index (χ0v) is 19.8. The van der Waals surface area contributed by atoms with E-state index in [-0.39, 0.29) is 39.9 Å². The number of aromatic nitrogens is 2. The van der Waals surface area contributed by atoms with Gasteiger partial charge >= 0.3 is 0 Å². The molecule has 31 heavy (non-hydrogen) atoms. The quantitative estimate of drug-likeness (QED) is 0.544. The first-order valence-corrected chi connectivity index (χ1v) is 12.7. The average molecular weight is 469 g/mol. The third-order valence-corrected chi connectivity index (χ3v) is 7.77. The molecular weight excluding hydrogens is 440 g/mol. The Morgan fingerprint density at radius 3 is 2.52 bits per heavy atom. The van der Waals surface area contributed by atoms with Crippen molar-refractivity contribution in [3.05, 3.63) is 24.3 Å². The highest BCUT2D eigenvalue weighted by Crippen LogP contribution is 2.26. The van der Waals surface area contributed by atoms with Crippen LogP contribution in [0.2, 0.25) is 0 Å². The molecule has 11 heteroatoms. The Balaban J connectivity index is 1.68. The molecule has 1 aromatic heterocycles. The van der Waals surface area contributed by atoms with Crippen LogP contribution in [0.5, 0.6) is 0 Å². The molecule has 0 spiro atoms. The standard InChI is InChI=1S/C20H28N4O5S2/c1-5-24(6-2)31(26,27)17-9-7-8-16(10-17)19-21-22-20(29-19)30-13-18(25)23-11-14(3)28-15(4)12-23/h7-10,14-15H,5-6,11-13H2,1-4H3/t14-,15+. The summed E-state index contributed by atoms with van der Waals surface area (Å²) in [5, 5.41) is 8.27. The maximum absolute atomic E-state index is 12.8. The lowest BCUT2D eigenvalue weighted by atomic mass is 10.2. The summed E-state index contributed by atoms with van der Waals surface area (Å²) in [5.41, 5.74) is 0.509. The number of carbonyl (C=O) groups excluding carboxylic acids is 1. The van der Waals surface area contributed by atoms with Gasteiger partial charge in [0.05, 0.1) is 22.9 Å². The number of benzene rings is 1. The van der Waals surface area contributed by atoms with E-state index < -0.39 is 10.0 Å². The van der Waals surface area contributed by atoms with Gasteiger partial charge in [0.25, 0.3) is 5.22 Å². The van der Waals surface area contributed by atoms with Crippen LogP contribution in [0.1, 0.15) is 27.7 Å². The van der Waals surface area contributed by atoms with Crippen LogP contribution in [0, 0.1) is 0 Å². The van der Waals surface area contributed by atoms with Gasteiger partial charge in [0.1, 0.15) is 0 Å². The van der Waals surface area contributed by atoms with E-state index in [9.17, 15) is 13.2 Å². The number of morpholine rings is 1. The summed E-state index contributed by atoms with van der Waals surface area (Å²) in [6, 6.07) is 6.43. The zero-order chi connectivity index (χ0) is 22.6.